The van der Waals surface area contributed by atoms with Crippen LogP contribution in [0.5, 0.6) is 0 Å². The molecule has 1 atom stereocenters. The first-order chi connectivity index (χ1) is 6.99. The first kappa shape index (κ1) is 12.6. The van der Waals surface area contributed by atoms with Crippen molar-refractivity contribution in [3.63, 3.8) is 0 Å². The fourth-order valence-corrected chi connectivity index (χ4v) is 2.09. The van der Waals surface area contributed by atoms with Gasteiger partial charge in [0.25, 0.3) is 0 Å². The van der Waals surface area contributed by atoms with Crippen molar-refractivity contribution in [1.29, 1.82) is 0 Å². The topological polar surface area (TPSA) is 48.4 Å². The molecule has 0 aliphatic carbocycles. The normalized spacial score (nSPS) is 15.5. The van der Waals surface area contributed by atoms with Gasteiger partial charge < -0.3 is 15.3 Å². The van der Waals surface area contributed by atoms with E-state index in [4.69, 9.17) is 0 Å². The van der Waals surface area contributed by atoms with Crippen LogP contribution in [0.2, 0.25) is 0 Å². The Hall–Kier alpha value is -0.490. The zero-order chi connectivity index (χ0) is 11.3. The number of thiazole rings is 1. The SMILES string of the molecule is CN(C)CC(C)(O)CNCc1cncs1. The smallest absolute Gasteiger partial charge is 0.0869 e. The Morgan fingerprint density at radius 1 is 1.60 bits per heavy atom. The number of hydrogen-bond donors (Lipinski definition) is 2. The largest absolute Gasteiger partial charge is 0.388 e. The lowest BCUT2D eigenvalue weighted by molar-refractivity contribution is 0.0336. The van der Waals surface area contributed by atoms with Crippen molar-refractivity contribution in [3.05, 3.63) is 16.6 Å². The van der Waals surface area contributed by atoms with Gasteiger partial charge in [-0.2, -0.15) is 0 Å². The molecular formula is C10H19N3OS. The van der Waals surface area contributed by atoms with Crippen LogP contribution in [0, 0.1) is 0 Å². The second-order valence-corrected chi connectivity index (χ2v) is 5.28. The van der Waals surface area contributed by atoms with Gasteiger partial charge in [0.1, 0.15) is 0 Å². The minimum atomic E-state index is -0.686. The number of rotatable bonds is 6. The number of nitrogens with one attached hydrogen (secondary N) is 1. The van der Waals surface area contributed by atoms with Crippen LogP contribution >= 0.6 is 11.3 Å². The van der Waals surface area contributed by atoms with Crippen LogP contribution in [0.3, 0.4) is 0 Å². The quantitative estimate of drug-likeness (QED) is 0.748. The Morgan fingerprint density at radius 2 is 2.33 bits per heavy atom. The summed E-state index contributed by atoms with van der Waals surface area (Å²) in [6, 6.07) is 0. The third-order valence-corrected chi connectivity index (χ3v) is 2.73. The summed E-state index contributed by atoms with van der Waals surface area (Å²) in [5, 5.41) is 13.2. The minimum Gasteiger partial charge on any atom is -0.388 e. The molecule has 0 aliphatic rings. The Balaban J connectivity index is 2.24. The average Bonchev–Trinajstić information content (AvgIpc) is 2.53. The molecule has 1 aromatic heterocycles. The molecule has 0 radical (unpaired) electrons. The number of aliphatic hydroxyl groups is 1. The first-order valence-corrected chi connectivity index (χ1v) is 5.83. The maximum Gasteiger partial charge on any atom is 0.0869 e. The van der Waals surface area contributed by atoms with E-state index in [0.29, 0.717) is 13.1 Å². The van der Waals surface area contributed by atoms with E-state index in [-0.39, 0.29) is 0 Å². The summed E-state index contributed by atoms with van der Waals surface area (Å²) in [6.45, 7) is 3.85. The standard InChI is InChI=1S/C10H19N3OS/c1-10(14,7-13(2)3)6-11-4-9-5-12-8-15-9/h5,8,11,14H,4,6-7H2,1-3H3. The monoisotopic (exact) mass is 229 g/mol. The minimum absolute atomic E-state index is 0.586. The lowest BCUT2D eigenvalue weighted by Crippen LogP contribution is -2.45. The Bertz CT molecular complexity index is 272. The van der Waals surface area contributed by atoms with Gasteiger partial charge in [-0.05, 0) is 21.0 Å². The van der Waals surface area contributed by atoms with E-state index < -0.39 is 5.60 Å². The predicted octanol–water partition coefficient (Wildman–Crippen LogP) is 0.545. The van der Waals surface area contributed by atoms with Gasteiger partial charge in [-0.15, -0.1) is 11.3 Å². The molecule has 0 aliphatic heterocycles. The predicted molar refractivity (Wildman–Crippen MR) is 63.0 cm³/mol. The van der Waals surface area contributed by atoms with Crippen molar-refractivity contribution < 1.29 is 5.11 Å². The Labute approximate surface area is 94.9 Å². The second kappa shape index (κ2) is 5.55. The molecule has 86 valence electrons. The van der Waals surface area contributed by atoms with Gasteiger partial charge in [0.2, 0.25) is 0 Å². The Morgan fingerprint density at radius 3 is 2.87 bits per heavy atom. The molecule has 1 rings (SSSR count). The molecular weight excluding hydrogens is 210 g/mol. The lowest BCUT2D eigenvalue weighted by Gasteiger charge is -2.27. The molecule has 1 aromatic rings. The van der Waals surface area contributed by atoms with Crippen LogP contribution < -0.4 is 5.32 Å². The summed E-state index contributed by atoms with van der Waals surface area (Å²) in [4.78, 5) is 7.16. The van der Waals surface area contributed by atoms with Crippen molar-refractivity contribution in [2.24, 2.45) is 0 Å². The molecule has 0 bridgehead atoms. The van der Waals surface area contributed by atoms with E-state index in [9.17, 15) is 5.11 Å². The fraction of sp³-hybridized carbons (Fsp3) is 0.700. The van der Waals surface area contributed by atoms with Crippen molar-refractivity contribution in [3.8, 4) is 0 Å². The van der Waals surface area contributed by atoms with Crippen molar-refractivity contribution in [2.75, 3.05) is 27.2 Å². The zero-order valence-corrected chi connectivity index (χ0v) is 10.3. The molecule has 0 amide bonds. The summed E-state index contributed by atoms with van der Waals surface area (Å²) in [5.74, 6) is 0. The molecule has 2 N–H and O–H groups in total. The van der Waals surface area contributed by atoms with E-state index in [1.54, 1.807) is 11.3 Å². The molecule has 4 nitrogen and oxygen atoms in total. The van der Waals surface area contributed by atoms with Crippen molar-refractivity contribution in [1.82, 2.24) is 15.2 Å². The number of hydrogen-bond acceptors (Lipinski definition) is 5. The number of aromatic nitrogens is 1. The molecule has 0 saturated heterocycles. The van der Waals surface area contributed by atoms with Gasteiger partial charge in [-0.1, -0.05) is 0 Å². The maximum atomic E-state index is 10.00. The van der Waals surface area contributed by atoms with E-state index in [1.807, 2.05) is 37.6 Å². The van der Waals surface area contributed by atoms with Crippen LogP contribution in [0.1, 0.15) is 11.8 Å². The summed E-state index contributed by atoms with van der Waals surface area (Å²) in [7, 11) is 3.91. The third-order valence-electron chi connectivity index (χ3n) is 1.95. The highest BCUT2D eigenvalue weighted by Crippen LogP contribution is 2.06. The first-order valence-electron chi connectivity index (χ1n) is 4.95. The molecule has 15 heavy (non-hydrogen) atoms. The maximum absolute atomic E-state index is 10.00. The van der Waals surface area contributed by atoms with E-state index in [0.717, 1.165) is 6.54 Å². The summed E-state index contributed by atoms with van der Waals surface area (Å²) in [6.07, 6.45) is 1.85. The summed E-state index contributed by atoms with van der Waals surface area (Å²) >= 11 is 1.62. The van der Waals surface area contributed by atoms with Crippen LogP contribution in [0.4, 0.5) is 0 Å². The van der Waals surface area contributed by atoms with Crippen LogP contribution in [-0.2, 0) is 6.54 Å². The summed E-state index contributed by atoms with van der Waals surface area (Å²) in [5.41, 5.74) is 1.13. The van der Waals surface area contributed by atoms with Gasteiger partial charge in [0.15, 0.2) is 0 Å². The second-order valence-electron chi connectivity index (χ2n) is 4.31. The molecule has 1 heterocycles. The van der Waals surface area contributed by atoms with E-state index in [2.05, 4.69) is 10.3 Å². The molecule has 1 unspecified atom stereocenters. The third kappa shape index (κ3) is 5.22. The zero-order valence-electron chi connectivity index (χ0n) is 9.53. The fourth-order valence-electron chi connectivity index (χ4n) is 1.52. The van der Waals surface area contributed by atoms with Gasteiger partial charge in [0, 0.05) is 30.7 Å². The molecule has 0 saturated carbocycles. The number of likely N-dealkylation sites (N-methyl/N-ethyl adjacent to an activating group) is 1. The average molecular weight is 229 g/mol. The summed E-state index contributed by atoms with van der Waals surface area (Å²) < 4.78 is 0. The van der Waals surface area contributed by atoms with Crippen molar-refractivity contribution in [2.45, 2.75) is 19.1 Å². The van der Waals surface area contributed by atoms with Gasteiger partial charge in [-0.25, -0.2) is 0 Å². The van der Waals surface area contributed by atoms with E-state index >= 15 is 0 Å². The van der Waals surface area contributed by atoms with Crippen LogP contribution in [-0.4, -0.2) is 47.8 Å². The highest BCUT2D eigenvalue weighted by atomic mass is 32.1. The van der Waals surface area contributed by atoms with Gasteiger partial charge in [-0.3, -0.25) is 4.98 Å². The molecule has 0 spiro atoms. The van der Waals surface area contributed by atoms with E-state index in [1.165, 1.54) is 4.88 Å². The van der Waals surface area contributed by atoms with Crippen LogP contribution in [0.15, 0.2) is 11.7 Å². The molecule has 5 heteroatoms. The lowest BCUT2D eigenvalue weighted by atomic mass is 10.1. The highest BCUT2D eigenvalue weighted by Gasteiger charge is 2.20. The highest BCUT2D eigenvalue weighted by molar-refractivity contribution is 7.09. The van der Waals surface area contributed by atoms with Gasteiger partial charge >= 0.3 is 0 Å². The van der Waals surface area contributed by atoms with Crippen LogP contribution in [0.25, 0.3) is 0 Å². The number of nitrogens with zero attached hydrogens (tertiary/aromatic N) is 2. The molecule has 0 aromatic carbocycles. The van der Waals surface area contributed by atoms with Gasteiger partial charge in [0.05, 0.1) is 11.1 Å². The molecule has 0 fully saturated rings. The van der Waals surface area contributed by atoms with Crippen molar-refractivity contribution >= 4 is 11.3 Å². The Kier molecular flexibility index (Phi) is 4.66.